The number of aromatic nitrogens is 2. The predicted octanol–water partition coefficient (Wildman–Crippen LogP) is 2.10. The zero-order valence-electron chi connectivity index (χ0n) is 17.0. The summed E-state index contributed by atoms with van der Waals surface area (Å²) in [5.41, 5.74) is 2.66. The molecule has 0 radical (unpaired) electrons. The smallest absolute Gasteiger partial charge is 0.316 e. The molecule has 1 heterocycles. The average molecular weight is 420 g/mol. The van der Waals surface area contributed by atoms with E-state index in [2.05, 4.69) is 15.3 Å². The van der Waals surface area contributed by atoms with Crippen LogP contribution >= 0.6 is 11.8 Å². The molecule has 0 bridgehead atoms. The van der Waals surface area contributed by atoms with Crippen molar-refractivity contribution < 1.29 is 23.8 Å². The zero-order valence-corrected chi connectivity index (χ0v) is 17.8. The number of benzene rings is 1. The molecule has 2 rings (SSSR count). The molecule has 1 N–H and O–H groups in total. The van der Waals surface area contributed by atoms with Crippen molar-refractivity contribution in [3.05, 3.63) is 41.2 Å². The summed E-state index contributed by atoms with van der Waals surface area (Å²) in [4.78, 5) is 32.2. The van der Waals surface area contributed by atoms with Crippen LogP contribution in [0.25, 0.3) is 0 Å². The largest absolute Gasteiger partial charge is 0.493 e. The van der Waals surface area contributed by atoms with Gasteiger partial charge in [0.25, 0.3) is 5.91 Å². The van der Waals surface area contributed by atoms with Gasteiger partial charge in [0.05, 0.1) is 20.0 Å². The van der Waals surface area contributed by atoms with Gasteiger partial charge in [0.15, 0.2) is 23.3 Å². The van der Waals surface area contributed by atoms with E-state index < -0.39 is 5.97 Å². The van der Waals surface area contributed by atoms with E-state index in [1.54, 1.807) is 14.2 Å². The highest BCUT2D eigenvalue weighted by molar-refractivity contribution is 7.99. The van der Waals surface area contributed by atoms with Crippen molar-refractivity contribution in [2.45, 2.75) is 25.4 Å². The molecule has 0 aliphatic carbocycles. The molecule has 0 spiro atoms. The van der Waals surface area contributed by atoms with Crippen molar-refractivity contribution in [1.82, 2.24) is 15.3 Å². The van der Waals surface area contributed by atoms with Crippen molar-refractivity contribution in [3.63, 3.8) is 0 Å². The van der Waals surface area contributed by atoms with Crippen molar-refractivity contribution in [3.8, 4) is 11.5 Å². The molecule has 0 atom stereocenters. The van der Waals surface area contributed by atoms with E-state index in [0.29, 0.717) is 29.6 Å². The normalized spacial score (nSPS) is 10.3. The minimum atomic E-state index is -0.493. The second-order valence-corrected chi connectivity index (χ2v) is 7.11. The van der Waals surface area contributed by atoms with Gasteiger partial charge in [-0.1, -0.05) is 17.8 Å². The lowest BCUT2D eigenvalue weighted by molar-refractivity contribution is -0.145. The molecule has 156 valence electrons. The van der Waals surface area contributed by atoms with Gasteiger partial charge in [-0.05, 0) is 44.0 Å². The molecule has 1 aromatic carbocycles. The quantitative estimate of drug-likeness (QED) is 0.355. The lowest BCUT2D eigenvalue weighted by atomic mass is 10.1. The Morgan fingerprint density at radius 2 is 1.72 bits per heavy atom. The summed E-state index contributed by atoms with van der Waals surface area (Å²) in [6.45, 7) is 3.82. The minimum Gasteiger partial charge on any atom is -0.493 e. The molecule has 0 saturated heterocycles. The van der Waals surface area contributed by atoms with E-state index in [-0.39, 0.29) is 18.3 Å². The number of esters is 1. The maximum atomic E-state index is 11.9. The number of nitrogens with zero attached hydrogens (tertiary/aromatic N) is 2. The molecule has 0 unspecified atom stereocenters. The lowest BCUT2D eigenvalue weighted by Crippen LogP contribution is -2.30. The molecular formula is C20H25N3O5S. The first kappa shape index (κ1) is 22.5. The maximum Gasteiger partial charge on any atom is 0.316 e. The van der Waals surface area contributed by atoms with Gasteiger partial charge in [-0.3, -0.25) is 9.59 Å². The van der Waals surface area contributed by atoms with E-state index in [4.69, 9.17) is 14.2 Å². The standard InChI is InChI=1S/C20H25N3O5S/c1-13-9-14(2)23-20(22-13)29-12-19(25)28-11-18(24)21-8-7-15-5-6-16(26-3)17(10-15)27-4/h5-6,9-10H,7-8,11-12H2,1-4H3,(H,21,24). The van der Waals surface area contributed by atoms with E-state index in [1.165, 1.54) is 11.8 Å². The molecule has 2 aromatic rings. The molecule has 29 heavy (non-hydrogen) atoms. The summed E-state index contributed by atoms with van der Waals surface area (Å²) >= 11 is 1.18. The van der Waals surface area contributed by atoms with Crippen LogP contribution in [0, 0.1) is 13.8 Å². The van der Waals surface area contributed by atoms with Gasteiger partial charge in [0.1, 0.15) is 0 Å². The Balaban J connectivity index is 1.68. The Morgan fingerprint density at radius 3 is 2.38 bits per heavy atom. The third kappa shape index (κ3) is 7.61. The number of hydrogen-bond acceptors (Lipinski definition) is 8. The second-order valence-electron chi connectivity index (χ2n) is 6.17. The van der Waals surface area contributed by atoms with Crippen LogP contribution in [0.5, 0.6) is 11.5 Å². The first-order chi connectivity index (χ1) is 13.9. The number of carbonyl (C=O) groups excluding carboxylic acids is 2. The van der Waals surface area contributed by atoms with Crippen molar-refractivity contribution in [2.75, 3.05) is 33.1 Å². The molecule has 9 heteroatoms. The van der Waals surface area contributed by atoms with Gasteiger partial charge < -0.3 is 19.5 Å². The Morgan fingerprint density at radius 1 is 1.03 bits per heavy atom. The highest BCUT2D eigenvalue weighted by Crippen LogP contribution is 2.27. The average Bonchev–Trinajstić information content (AvgIpc) is 2.69. The maximum absolute atomic E-state index is 11.9. The number of methoxy groups -OCH3 is 2. The fraction of sp³-hybridized carbons (Fsp3) is 0.400. The Bertz CT molecular complexity index is 840. The van der Waals surface area contributed by atoms with Crippen molar-refractivity contribution >= 4 is 23.6 Å². The van der Waals surface area contributed by atoms with Gasteiger partial charge >= 0.3 is 5.97 Å². The van der Waals surface area contributed by atoms with Crippen LogP contribution in [0.2, 0.25) is 0 Å². The van der Waals surface area contributed by atoms with E-state index >= 15 is 0 Å². The topological polar surface area (TPSA) is 99.6 Å². The van der Waals surface area contributed by atoms with Crippen molar-refractivity contribution in [2.24, 2.45) is 0 Å². The van der Waals surface area contributed by atoms with E-state index in [0.717, 1.165) is 17.0 Å². The fourth-order valence-corrected chi connectivity index (χ4v) is 3.25. The number of amides is 1. The molecule has 1 aromatic heterocycles. The first-order valence-electron chi connectivity index (χ1n) is 8.99. The first-order valence-corrected chi connectivity index (χ1v) is 9.98. The second kappa shape index (κ2) is 11.3. The molecule has 0 aliphatic rings. The molecule has 0 aliphatic heterocycles. The summed E-state index contributed by atoms with van der Waals surface area (Å²) in [5, 5.41) is 3.23. The Hall–Kier alpha value is -2.81. The number of ether oxygens (including phenoxy) is 3. The third-order valence-electron chi connectivity index (χ3n) is 3.83. The zero-order chi connectivity index (χ0) is 21.2. The predicted molar refractivity (Wildman–Crippen MR) is 109 cm³/mol. The highest BCUT2D eigenvalue weighted by atomic mass is 32.2. The van der Waals surface area contributed by atoms with Crippen LogP contribution in [-0.2, 0) is 20.7 Å². The molecular weight excluding hydrogens is 394 g/mol. The van der Waals surface area contributed by atoms with Gasteiger partial charge in [0, 0.05) is 17.9 Å². The molecule has 0 saturated carbocycles. The number of carbonyl (C=O) groups is 2. The molecule has 1 amide bonds. The van der Waals surface area contributed by atoms with Gasteiger partial charge in [-0.15, -0.1) is 0 Å². The van der Waals surface area contributed by atoms with Crippen LogP contribution < -0.4 is 14.8 Å². The monoisotopic (exact) mass is 419 g/mol. The van der Waals surface area contributed by atoms with Crippen LogP contribution in [-0.4, -0.2) is 55.0 Å². The fourth-order valence-electron chi connectivity index (χ4n) is 2.50. The summed E-state index contributed by atoms with van der Waals surface area (Å²) < 4.78 is 15.4. The van der Waals surface area contributed by atoms with E-state index in [9.17, 15) is 9.59 Å². The van der Waals surface area contributed by atoms with Crippen LogP contribution in [0.1, 0.15) is 17.0 Å². The van der Waals surface area contributed by atoms with E-state index in [1.807, 2.05) is 38.1 Å². The lowest BCUT2D eigenvalue weighted by Gasteiger charge is -2.10. The summed E-state index contributed by atoms with van der Waals surface area (Å²) in [6, 6.07) is 7.43. The summed E-state index contributed by atoms with van der Waals surface area (Å²) in [7, 11) is 3.15. The molecule has 8 nitrogen and oxygen atoms in total. The minimum absolute atomic E-state index is 0.0435. The SMILES string of the molecule is COc1ccc(CCNC(=O)COC(=O)CSc2nc(C)cc(C)n2)cc1OC. The van der Waals surface area contributed by atoms with Gasteiger partial charge in [-0.2, -0.15) is 0 Å². The van der Waals surface area contributed by atoms with Crippen molar-refractivity contribution in [1.29, 1.82) is 0 Å². The number of aryl methyl sites for hydroxylation is 2. The van der Waals surface area contributed by atoms with Crippen LogP contribution in [0.4, 0.5) is 0 Å². The van der Waals surface area contributed by atoms with Crippen LogP contribution in [0.15, 0.2) is 29.4 Å². The number of thioether (sulfide) groups is 1. The van der Waals surface area contributed by atoms with Crippen LogP contribution in [0.3, 0.4) is 0 Å². The third-order valence-corrected chi connectivity index (χ3v) is 4.65. The highest BCUT2D eigenvalue weighted by Gasteiger charge is 2.10. The number of rotatable bonds is 10. The number of hydrogen-bond donors (Lipinski definition) is 1. The summed E-state index contributed by atoms with van der Waals surface area (Å²) in [5.74, 6) is 0.480. The van der Waals surface area contributed by atoms with Gasteiger partial charge in [0.2, 0.25) is 0 Å². The van der Waals surface area contributed by atoms with Gasteiger partial charge in [-0.25, -0.2) is 9.97 Å². The Labute approximate surface area is 174 Å². The summed E-state index contributed by atoms with van der Waals surface area (Å²) in [6.07, 6.45) is 0.611. The number of nitrogens with one attached hydrogen (secondary N) is 1. The Kier molecular flexibility index (Phi) is 8.72. The molecule has 0 fully saturated rings.